The number of benzene rings is 1. The van der Waals surface area contributed by atoms with Gasteiger partial charge in [0.15, 0.2) is 0 Å². The van der Waals surface area contributed by atoms with Crippen molar-refractivity contribution in [3.8, 4) is 0 Å². The number of hydrogen-bond donors (Lipinski definition) is 1. The summed E-state index contributed by atoms with van der Waals surface area (Å²) < 4.78 is 0. The molecular formula is C18H21N3O2. The fourth-order valence-corrected chi connectivity index (χ4v) is 2.21. The van der Waals surface area contributed by atoms with Gasteiger partial charge in [0.2, 0.25) is 0 Å². The Bertz CT molecular complexity index is 684. The molecule has 1 N–H and O–H groups in total. The van der Waals surface area contributed by atoms with Gasteiger partial charge in [0, 0.05) is 18.3 Å². The van der Waals surface area contributed by atoms with Crippen LogP contribution in [-0.2, 0) is 0 Å². The number of hydrogen-bond acceptors (Lipinski definition) is 3. The Labute approximate surface area is 136 Å². The van der Waals surface area contributed by atoms with Gasteiger partial charge < -0.3 is 10.2 Å². The number of nitrogens with one attached hydrogen (secondary N) is 1. The Morgan fingerprint density at radius 1 is 1.04 bits per heavy atom. The summed E-state index contributed by atoms with van der Waals surface area (Å²) in [5.74, 6) is -0.504. The lowest BCUT2D eigenvalue weighted by molar-refractivity contribution is 0.0937. The first kappa shape index (κ1) is 16.7. The number of amides is 2. The molecule has 120 valence electrons. The van der Waals surface area contributed by atoms with Crippen LogP contribution in [0.4, 0.5) is 5.69 Å². The van der Waals surface area contributed by atoms with Crippen molar-refractivity contribution in [1.29, 1.82) is 0 Å². The van der Waals surface area contributed by atoms with E-state index in [-0.39, 0.29) is 29.2 Å². The third-order valence-corrected chi connectivity index (χ3v) is 3.25. The van der Waals surface area contributed by atoms with E-state index in [0.717, 1.165) is 5.69 Å². The van der Waals surface area contributed by atoms with Crippen molar-refractivity contribution in [1.82, 2.24) is 10.3 Å². The van der Waals surface area contributed by atoms with Crippen LogP contribution < -0.4 is 10.2 Å². The van der Waals surface area contributed by atoms with E-state index in [4.69, 9.17) is 0 Å². The van der Waals surface area contributed by atoms with Crippen LogP contribution in [0.25, 0.3) is 0 Å². The molecule has 1 aromatic heterocycles. The van der Waals surface area contributed by atoms with Crippen LogP contribution in [-0.4, -0.2) is 29.4 Å². The fraction of sp³-hybridized carbons (Fsp3) is 0.278. The number of carbonyl (C=O) groups excluding carboxylic acids is 2. The topological polar surface area (TPSA) is 62.3 Å². The summed E-state index contributed by atoms with van der Waals surface area (Å²) in [4.78, 5) is 30.6. The van der Waals surface area contributed by atoms with Crippen LogP contribution in [0.1, 0.15) is 41.7 Å². The van der Waals surface area contributed by atoms with Gasteiger partial charge in [-0.2, -0.15) is 0 Å². The molecule has 0 saturated carbocycles. The zero-order valence-corrected chi connectivity index (χ0v) is 13.6. The van der Waals surface area contributed by atoms with Gasteiger partial charge in [0.05, 0.1) is 0 Å². The average Bonchev–Trinajstić information content (AvgIpc) is 2.56. The lowest BCUT2D eigenvalue weighted by Gasteiger charge is -2.20. The Morgan fingerprint density at radius 2 is 1.70 bits per heavy atom. The van der Waals surface area contributed by atoms with E-state index >= 15 is 0 Å². The molecule has 2 rings (SSSR count). The number of carbonyl (C=O) groups is 2. The molecule has 0 aliphatic heterocycles. The van der Waals surface area contributed by atoms with E-state index < -0.39 is 0 Å². The van der Waals surface area contributed by atoms with Crippen LogP contribution in [0, 0.1) is 0 Å². The molecule has 0 saturated heterocycles. The Kier molecular flexibility index (Phi) is 5.46. The summed E-state index contributed by atoms with van der Waals surface area (Å²) in [6.07, 6.45) is 0. The molecule has 0 fully saturated rings. The van der Waals surface area contributed by atoms with Crippen LogP contribution in [0.2, 0.25) is 0 Å². The number of pyridine rings is 1. The van der Waals surface area contributed by atoms with Gasteiger partial charge in [-0.05, 0) is 45.0 Å². The van der Waals surface area contributed by atoms with Gasteiger partial charge in [-0.15, -0.1) is 0 Å². The summed E-state index contributed by atoms with van der Waals surface area (Å²) in [7, 11) is 0. The highest BCUT2D eigenvalue weighted by Crippen LogP contribution is 2.16. The molecule has 0 radical (unpaired) electrons. The zero-order valence-electron chi connectivity index (χ0n) is 13.6. The minimum atomic E-state index is -0.280. The highest BCUT2D eigenvalue weighted by Gasteiger charge is 2.19. The van der Waals surface area contributed by atoms with E-state index in [1.54, 1.807) is 23.1 Å². The highest BCUT2D eigenvalue weighted by molar-refractivity contribution is 6.05. The van der Waals surface area contributed by atoms with Crippen molar-refractivity contribution < 1.29 is 9.59 Å². The smallest absolute Gasteiger partial charge is 0.276 e. The second-order valence-electron chi connectivity index (χ2n) is 5.42. The molecule has 5 nitrogen and oxygen atoms in total. The van der Waals surface area contributed by atoms with Crippen molar-refractivity contribution in [3.63, 3.8) is 0 Å². The summed E-state index contributed by atoms with van der Waals surface area (Å²) in [5.41, 5.74) is 1.31. The highest BCUT2D eigenvalue weighted by atomic mass is 16.2. The molecule has 1 aromatic carbocycles. The third kappa shape index (κ3) is 4.16. The predicted octanol–water partition coefficient (Wildman–Crippen LogP) is 2.89. The molecule has 0 unspecified atom stereocenters. The number of para-hydroxylation sites is 1. The third-order valence-electron chi connectivity index (χ3n) is 3.25. The summed E-state index contributed by atoms with van der Waals surface area (Å²) >= 11 is 0. The molecule has 0 bridgehead atoms. The SMILES string of the molecule is CCN(C(=O)c1cccc(C(=O)NC(C)C)n1)c1ccccc1. The van der Waals surface area contributed by atoms with Crippen molar-refractivity contribution in [3.05, 3.63) is 59.9 Å². The fourth-order valence-electron chi connectivity index (χ4n) is 2.21. The molecular weight excluding hydrogens is 290 g/mol. The van der Waals surface area contributed by atoms with Crippen molar-refractivity contribution in [2.45, 2.75) is 26.8 Å². The molecule has 2 amide bonds. The van der Waals surface area contributed by atoms with Crippen molar-refractivity contribution in [2.24, 2.45) is 0 Å². The van der Waals surface area contributed by atoms with E-state index in [9.17, 15) is 9.59 Å². The summed E-state index contributed by atoms with van der Waals surface area (Å²) in [6.45, 7) is 6.18. The van der Waals surface area contributed by atoms with Crippen molar-refractivity contribution in [2.75, 3.05) is 11.4 Å². The number of anilines is 1. The van der Waals surface area contributed by atoms with Gasteiger partial charge in [0.1, 0.15) is 11.4 Å². The number of nitrogens with zero attached hydrogens (tertiary/aromatic N) is 2. The summed E-state index contributed by atoms with van der Waals surface area (Å²) in [6, 6.07) is 14.3. The lowest BCUT2D eigenvalue weighted by atomic mass is 10.2. The predicted molar refractivity (Wildman–Crippen MR) is 90.6 cm³/mol. The maximum Gasteiger partial charge on any atom is 0.276 e. The monoisotopic (exact) mass is 311 g/mol. The van der Waals surface area contributed by atoms with Crippen LogP contribution in [0.15, 0.2) is 48.5 Å². The molecule has 1 heterocycles. The first-order valence-corrected chi connectivity index (χ1v) is 7.67. The van der Waals surface area contributed by atoms with E-state index in [2.05, 4.69) is 10.3 Å². The summed E-state index contributed by atoms with van der Waals surface area (Å²) in [5, 5.41) is 2.77. The second kappa shape index (κ2) is 7.54. The number of aromatic nitrogens is 1. The molecule has 5 heteroatoms. The molecule has 0 atom stereocenters. The maximum atomic E-state index is 12.7. The average molecular weight is 311 g/mol. The quantitative estimate of drug-likeness (QED) is 0.923. The van der Waals surface area contributed by atoms with Gasteiger partial charge in [-0.1, -0.05) is 24.3 Å². The van der Waals surface area contributed by atoms with Crippen LogP contribution in [0.3, 0.4) is 0 Å². The normalized spacial score (nSPS) is 10.4. The Hall–Kier alpha value is -2.69. The molecule has 23 heavy (non-hydrogen) atoms. The van der Waals surface area contributed by atoms with Gasteiger partial charge in [-0.25, -0.2) is 4.98 Å². The minimum absolute atomic E-state index is 0.0140. The van der Waals surface area contributed by atoms with E-state index in [0.29, 0.717) is 6.54 Å². The first-order chi connectivity index (χ1) is 11.0. The first-order valence-electron chi connectivity index (χ1n) is 7.67. The second-order valence-corrected chi connectivity index (χ2v) is 5.42. The van der Waals surface area contributed by atoms with Crippen LogP contribution in [0.5, 0.6) is 0 Å². The maximum absolute atomic E-state index is 12.7. The standard InChI is InChI=1S/C18H21N3O2/c1-4-21(14-9-6-5-7-10-14)18(23)16-12-8-11-15(20-16)17(22)19-13(2)3/h5-13H,4H2,1-3H3,(H,19,22). The molecule has 0 aliphatic rings. The number of rotatable bonds is 5. The minimum Gasteiger partial charge on any atom is -0.349 e. The molecule has 0 spiro atoms. The van der Waals surface area contributed by atoms with Gasteiger partial charge >= 0.3 is 0 Å². The molecule has 0 aliphatic carbocycles. The van der Waals surface area contributed by atoms with Crippen LogP contribution >= 0.6 is 0 Å². The van der Waals surface area contributed by atoms with Gasteiger partial charge in [-0.3, -0.25) is 9.59 Å². The van der Waals surface area contributed by atoms with Gasteiger partial charge in [0.25, 0.3) is 11.8 Å². The van der Waals surface area contributed by atoms with Crippen molar-refractivity contribution >= 4 is 17.5 Å². The zero-order chi connectivity index (χ0) is 16.8. The van der Waals surface area contributed by atoms with E-state index in [1.165, 1.54) is 0 Å². The van der Waals surface area contributed by atoms with E-state index in [1.807, 2.05) is 51.1 Å². The Balaban J connectivity index is 2.27. The largest absolute Gasteiger partial charge is 0.349 e. The molecule has 2 aromatic rings. The lowest BCUT2D eigenvalue weighted by Crippen LogP contribution is -2.33. The Morgan fingerprint density at radius 3 is 2.30 bits per heavy atom.